The van der Waals surface area contributed by atoms with Crippen molar-refractivity contribution in [3.8, 4) is 0 Å². The standard InChI is InChI=1S/C15H17Cl2N3OS3/c1-9(2)6-23-15-20-19-14(24-15)18-13(21)8-22-7-10-3-4-11(16)12(17)5-10/h3-5,9H,6-8H2,1-2H3,(H,18,19,21). The van der Waals surface area contributed by atoms with Crippen LogP contribution in [0.4, 0.5) is 5.13 Å². The molecule has 0 aliphatic rings. The number of carbonyl (C=O) groups excluding carboxylic acids is 1. The number of aromatic nitrogens is 2. The van der Waals surface area contributed by atoms with Gasteiger partial charge in [-0.05, 0) is 23.6 Å². The van der Waals surface area contributed by atoms with Gasteiger partial charge < -0.3 is 0 Å². The molecule has 24 heavy (non-hydrogen) atoms. The highest BCUT2D eigenvalue weighted by Crippen LogP contribution is 2.27. The average Bonchev–Trinajstić information content (AvgIpc) is 2.96. The number of hydrogen-bond donors (Lipinski definition) is 1. The van der Waals surface area contributed by atoms with E-state index >= 15 is 0 Å². The lowest BCUT2D eigenvalue weighted by atomic mass is 10.2. The van der Waals surface area contributed by atoms with E-state index in [0.717, 1.165) is 15.7 Å². The fraction of sp³-hybridized carbons (Fsp3) is 0.400. The first-order valence-corrected chi connectivity index (χ1v) is 10.9. The maximum absolute atomic E-state index is 12.0. The second kappa shape index (κ2) is 9.87. The number of carbonyl (C=O) groups is 1. The van der Waals surface area contributed by atoms with Gasteiger partial charge in [-0.25, -0.2) is 0 Å². The van der Waals surface area contributed by atoms with E-state index in [0.29, 0.717) is 32.6 Å². The van der Waals surface area contributed by atoms with Gasteiger partial charge in [0.2, 0.25) is 11.0 Å². The first kappa shape index (κ1) is 19.8. The minimum atomic E-state index is -0.0865. The number of thioether (sulfide) groups is 2. The Morgan fingerprint density at radius 1 is 1.29 bits per heavy atom. The summed E-state index contributed by atoms with van der Waals surface area (Å²) in [7, 11) is 0. The Labute approximate surface area is 164 Å². The number of benzene rings is 1. The number of hydrogen-bond acceptors (Lipinski definition) is 6. The number of anilines is 1. The van der Waals surface area contributed by atoms with E-state index in [2.05, 4.69) is 29.4 Å². The Morgan fingerprint density at radius 3 is 2.79 bits per heavy atom. The zero-order valence-electron chi connectivity index (χ0n) is 13.2. The van der Waals surface area contributed by atoms with E-state index in [1.807, 2.05) is 12.1 Å². The van der Waals surface area contributed by atoms with Crippen molar-refractivity contribution in [2.24, 2.45) is 5.92 Å². The van der Waals surface area contributed by atoms with Crippen LogP contribution in [0.25, 0.3) is 0 Å². The summed E-state index contributed by atoms with van der Waals surface area (Å²) in [5.74, 6) is 2.53. The molecule has 1 amide bonds. The summed E-state index contributed by atoms with van der Waals surface area (Å²) < 4.78 is 0.877. The molecule has 130 valence electrons. The molecule has 9 heteroatoms. The fourth-order valence-electron chi connectivity index (χ4n) is 1.60. The van der Waals surface area contributed by atoms with E-state index in [9.17, 15) is 4.79 Å². The molecular formula is C15H17Cl2N3OS3. The van der Waals surface area contributed by atoms with Gasteiger partial charge in [0.05, 0.1) is 15.8 Å². The molecule has 0 unspecified atom stereocenters. The van der Waals surface area contributed by atoms with Crippen LogP contribution in [0.5, 0.6) is 0 Å². The molecule has 1 heterocycles. The lowest BCUT2D eigenvalue weighted by Crippen LogP contribution is -2.13. The molecule has 2 rings (SSSR count). The van der Waals surface area contributed by atoms with Crippen LogP contribution < -0.4 is 5.32 Å². The van der Waals surface area contributed by atoms with Gasteiger partial charge in [-0.2, -0.15) is 0 Å². The van der Waals surface area contributed by atoms with E-state index in [1.54, 1.807) is 17.8 Å². The molecular weight excluding hydrogens is 405 g/mol. The quantitative estimate of drug-likeness (QED) is 0.452. The third-order valence-corrected chi connectivity index (χ3v) is 6.82. The molecule has 1 aromatic heterocycles. The van der Waals surface area contributed by atoms with Crippen LogP contribution in [-0.2, 0) is 10.5 Å². The van der Waals surface area contributed by atoms with Crippen LogP contribution in [0.1, 0.15) is 19.4 Å². The second-order valence-electron chi connectivity index (χ2n) is 5.37. The topological polar surface area (TPSA) is 54.9 Å². The van der Waals surface area contributed by atoms with Crippen LogP contribution in [0, 0.1) is 5.92 Å². The Kier molecular flexibility index (Phi) is 8.16. The number of halogens is 2. The minimum Gasteiger partial charge on any atom is -0.300 e. The van der Waals surface area contributed by atoms with Gasteiger partial charge in [0.25, 0.3) is 0 Å². The minimum absolute atomic E-state index is 0.0865. The SMILES string of the molecule is CC(C)CSc1nnc(NC(=O)CSCc2ccc(Cl)c(Cl)c2)s1. The lowest BCUT2D eigenvalue weighted by Gasteiger charge is -2.03. The van der Waals surface area contributed by atoms with Gasteiger partial charge in [-0.3, -0.25) is 10.1 Å². The van der Waals surface area contributed by atoms with Gasteiger partial charge in [-0.15, -0.1) is 22.0 Å². The first-order chi connectivity index (χ1) is 11.4. The Morgan fingerprint density at radius 2 is 2.08 bits per heavy atom. The fourth-order valence-corrected chi connectivity index (χ4v) is 4.44. The molecule has 0 saturated heterocycles. The van der Waals surface area contributed by atoms with Crippen molar-refractivity contribution in [3.05, 3.63) is 33.8 Å². The summed E-state index contributed by atoms with van der Waals surface area (Å²) in [5.41, 5.74) is 1.03. The molecule has 0 radical (unpaired) electrons. The van der Waals surface area contributed by atoms with Gasteiger partial charge in [0, 0.05) is 11.5 Å². The molecule has 1 N–H and O–H groups in total. The number of nitrogens with one attached hydrogen (secondary N) is 1. The van der Waals surface area contributed by atoms with Crippen molar-refractivity contribution in [2.75, 3.05) is 16.8 Å². The smallest absolute Gasteiger partial charge is 0.236 e. The Bertz CT molecular complexity index is 694. The van der Waals surface area contributed by atoms with Crippen molar-refractivity contribution in [2.45, 2.75) is 23.9 Å². The maximum atomic E-state index is 12.0. The summed E-state index contributed by atoms with van der Waals surface area (Å²) >= 11 is 16.4. The number of amides is 1. The molecule has 0 fully saturated rings. The van der Waals surface area contributed by atoms with Crippen LogP contribution >= 0.6 is 58.1 Å². The molecule has 0 aliphatic carbocycles. The van der Waals surface area contributed by atoms with Crippen LogP contribution in [-0.4, -0.2) is 27.6 Å². The Hall–Kier alpha value is -0.470. The predicted molar refractivity (Wildman–Crippen MR) is 107 cm³/mol. The summed E-state index contributed by atoms with van der Waals surface area (Å²) in [4.78, 5) is 12.0. The summed E-state index contributed by atoms with van der Waals surface area (Å²) in [6.07, 6.45) is 0. The van der Waals surface area contributed by atoms with E-state index in [1.165, 1.54) is 23.1 Å². The van der Waals surface area contributed by atoms with Crippen molar-refractivity contribution in [3.63, 3.8) is 0 Å². The molecule has 2 aromatic rings. The number of rotatable bonds is 8. The highest BCUT2D eigenvalue weighted by Gasteiger charge is 2.09. The van der Waals surface area contributed by atoms with Crippen LogP contribution in [0.3, 0.4) is 0 Å². The largest absolute Gasteiger partial charge is 0.300 e. The number of nitrogens with zero attached hydrogens (tertiary/aromatic N) is 2. The highest BCUT2D eigenvalue weighted by atomic mass is 35.5. The van der Waals surface area contributed by atoms with E-state index in [4.69, 9.17) is 23.2 Å². The van der Waals surface area contributed by atoms with Crippen LogP contribution in [0.15, 0.2) is 22.5 Å². The van der Waals surface area contributed by atoms with E-state index in [-0.39, 0.29) is 5.91 Å². The van der Waals surface area contributed by atoms with Crippen molar-refractivity contribution in [1.29, 1.82) is 0 Å². The van der Waals surface area contributed by atoms with E-state index < -0.39 is 0 Å². The van der Waals surface area contributed by atoms with Gasteiger partial charge in [0.1, 0.15) is 0 Å². The normalized spacial score (nSPS) is 11.0. The van der Waals surface area contributed by atoms with Crippen LogP contribution in [0.2, 0.25) is 10.0 Å². The van der Waals surface area contributed by atoms with Crippen molar-refractivity contribution in [1.82, 2.24) is 10.2 Å². The second-order valence-corrected chi connectivity index (χ2v) is 9.41. The highest BCUT2D eigenvalue weighted by molar-refractivity contribution is 8.01. The van der Waals surface area contributed by atoms with Gasteiger partial charge >= 0.3 is 0 Å². The molecule has 0 aliphatic heterocycles. The molecule has 1 aromatic carbocycles. The third-order valence-electron chi connectivity index (χ3n) is 2.68. The molecule has 0 atom stereocenters. The third kappa shape index (κ3) is 6.80. The average molecular weight is 422 g/mol. The molecule has 0 spiro atoms. The first-order valence-electron chi connectivity index (χ1n) is 7.22. The maximum Gasteiger partial charge on any atom is 0.236 e. The monoisotopic (exact) mass is 421 g/mol. The molecule has 0 saturated carbocycles. The Balaban J connectivity index is 1.74. The summed E-state index contributed by atoms with van der Waals surface area (Å²) in [6.45, 7) is 4.31. The lowest BCUT2D eigenvalue weighted by molar-refractivity contribution is -0.113. The zero-order chi connectivity index (χ0) is 17.5. The molecule has 4 nitrogen and oxygen atoms in total. The molecule has 0 bridgehead atoms. The zero-order valence-corrected chi connectivity index (χ0v) is 17.2. The van der Waals surface area contributed by atoms with Crippen molar-refractivity contribution < 1.29 is 4.79 Å². The predicted octanol–water partition coefficient (Wildman–Crippen LogP) is 5.46. The van der Waals surface area contributed by atoms with Gasteiger partial charge in [0.15, 0.2) is 4.34 Å². The summed E-state index contributed by atoms with van der Waals surface area (Å²) in [6, 6.07) is 5.48. The summed E-state index contributed by atoms with van der Waals surface area (Å²) in [5, 5.41) is 12.5. The van der Waals surface area contributed by atoms with Gasteiger partial charge in [-0.1, -0.05) is 66.2 Å². The van der Waals surface area contributed by atoms with Crippen molar-refractivity contribution >= 4 is 69.1 Å².